The van der Waals surface area contributed by atoms with Crippen molar-refractivity contribution in [2.45, 2.75) is 13.0 Å². The number of rotatable bonds is 4. The minimum atomic E-state index is 0.501. The van der Waals surface area contributed by atoms with E-state index in [-0.39, 0.29) is 0 Å². The normalized spacial score (nSPS) is 20.1. The molecule has 1 N–H and O–H groups in total. The molecule has 0 spiro atoms. The zero-order valence-electron chi connectivity index (χ0n) is 10.9. The second-order valence-electron chi connectivity index (χ2n) is 5.02. The van der Waals surface area contributed by atoms with Crippen LogP contribution in [-0.2, 0) is 0 Å². The number of anilines is 1. The predicted octanol–water partition coefficient (Wildman–Crippen LogP) is 1.73. The highest BCUT2D eigenvalue weighted by atomic mass is 15.3. The first-order valence-corrected chi connectivity index (χ1v) is 6.46. The zero-order chi connectivity index (χ0) is 12.1. The molecule has 0 aliphatic carbocycles. The number of hydrogen-bond acceptors (Lipinski definition) is 3. The lowest BCUT2D eigenvalue weighted by Gasteiger charge is -2.34. The Balaban J connectivity index is 1.76. The van der Waals surface area contributed by atoms with Crippen molar-refractivity contribution in [1.29, 1.82) is 0 Å². The number of hydrogen-bond donors (Lipinski definition) is 1. The number of likely N-dealkylation sites (N-methyl/N-ethyl adjacent to an activating group) is 1. The van der Waals surface area contributed by atoms with Crippen molar-refractivity contribution < 1.29 is 0 Å². The number of benzene rings is 1. The minimum absolute atomic E-state index is 0.501. The van der Waals surface area contributed by atoms with Gasteiger partial charge in [0, 0.05) is 44.5 Å². The Bertz CT molecular complexity index is 317. The van der Waals surface area contributed by atoms with E-state index in [1.54, 1.807) is 0 Å². The summed E-state index contributed by atoms with van der Waals surface area (Å²) in [4.78, 5) is 4.94. The van der Waals surface area contributed by atoms with E-state index in [1.807, 2.05) is 0 Å². The van der Waals surface area contributed by atoms with Crippen molar-refractivity contribution >= 4 is 5.69 Å². The molecule has 1 unspecified atom stereocenters. The van der Waals surface area contributed by atoms with Gasteiger partial charge in [0.15, 0.2) is 0 Å². The molecule has 0 saturated carbocycles. The Hall–Kier alpha value is -1.06. The Labute approximate surface area is 104 Å². The molecule has 17 heavy (non-hydrogen) atoms. The third kappa shape index (κ3) is 4.02. The van der Waals surface area contributed by atoms with Crippen LogP contribution in [0.3, 0.4) is 0 Å². The van der Waals surface area contributed by atoms with E-state index >= 15 is 0 Å². The standard InChI is InChI=1S/C14H23N3/c1-13(15-14-6-4-3-5-7-14)12-17-10-8-16(2)9-11-17/h3-7,13,15H,8-12H2,1-2H3. The highest BCUT2D eigenvalue weighted by molar-refractivity contribution is 5.43. The molecule has 3 heteroatoms. The molecule has 94 valence electrons. The number of piperazine rings is 1. The molecule has 0 bridgehead atoms. The molecule has 3 nitrogen and oxygen atoms in total. The van der Waals surface area contributed by atoms with Crippen LogP contribution in [0.1, 0.15) is 6.92 Å². The van der Waals surface area contributed by atoms with E-state index in [2.05, 4.69) is 59.4 Å². The van der Waals surface area contributed by atoms with Crippen LogP contribution in [0.25, 0.3) is 0 Å². The second-order valence-corrected chi connectivity index (χ2v) is 5.02. The average Bonchev–Trinajstić information content (AvgIpc) is 2.33. The lowest BCUT2D eigenvalue weighted by Crippen LogP contribution is -2.47. The summed E-state index contributed by atoms with van der Waals surface area (Å²) in [5.74, 6) is 0. The van der Waals surface area contributed by atoms with Crippen LogP contribution in [-0.4, -0.2) is 55.6 Å². The van der Waals surface area contributed by atoms with Crippen LogP contribution in [0, 0.1) is 0 Å². The molecule has 0 amide bonds. The molecule has 1 aliphatic heterocycles. The maximum Gasteiger partial charge on any atom is 0.0360 e. The molecule has 1 aliphatic rings. The summed E-state index contributed by atoms with van der Waals surface area (Å²) in [5.41, 5.74) is 1.22. The van der Waals surface area contributed by atoms with Gasteiger partial charge in [0.2, 0.25) is 0 Å². The molecular weight excluding hydrogens is 210 g/mol. The maximum absolute atomic E-state index is 3.55. The Morgan fingerprint density at radius 1 is 1.12 bits per heavy atom. The molecule has 1 heterocycles. The first-order chi connectivity index (χ1) is 8.24. The average molecular weight is 233 g/mol. The lowest BCUT2D eigenvalue weighted by atomic mass is 10.2. The summed E-state index contributed by atoms with van der Waals surface area (Å²) in [6.45, 7) is 8.15. The fourth-order valence-corrected chi connectivity index (χ4v) is 2.28. The monoisotopic (exact) mass is 233 g/mol. The highest BCUT2D eigenvalue weighted by Crippen LogP contribution is 2.08. The summed E-state index contributed by atoms with van der Waals surface area (Å²) in [6, 6.07) is 11.0. The SMILES string of the molecule is CC(CN1CCN(C)CC1)Nc1ccccc1. The first-order valence-electron chi connectivity index (χ1n) is 6.46. The Morgan fingerprint density at radius 3 is 2.41 bits per heavy atom. The van der Waals surface area contributed by atoms with Gasteiger partial charge in [0.25, 0.3) is 0 Å². The van der Waals surface area contributed by atoms with Gasteiger partial charge in [-0.2, -0.15) is 0 Å². The second kappa shape index (κ2) is 6.03. The largest absolute Gasteiger partial charge is 0.381 e. The van der Waals surface area contributed by atoms with Gasteiger partial charge in [-0.05, 0) is 26.1 Å². The molecule has 1 fully saturated rings. The number of nitrogens with one attached hydrogen (secondary N) is 1. The van der Waals surface area contributed by atoms with Crippen molar-refractivity contribution in [3.63, 3.8) is 0 Å². The van der Waals surface area contributed by atoms with Gasteiger partial charge in [-0.3, -0.25) is 4.90 Å². The number of nitrogens with zero attached hydrogens (tertiary/aromatic N) is 2. The maximum atomic E-state index is 3.55. The fourth-order valence-electron chi connectivity index (χ4n) is 2.28. The Morgan fingerprint density at radius 2 is 1.76 bits per heavy atom. The van der Waals surface area contributed by atoms with Gasteiger partial charge >= 0.3 is 0 Å². The van der Waals surface area contributed by atoms with Gasteiger partial charge < -0.3 is 10.2 Å². The van der Waals surface area contributed by atoms with Crippen LogP contribution in [0.5, 0.6) is 0 Å². The predicted molar refractivity (Wildman–Crippen MR) is 73.5 cm³/mol. The summed E-state index contributed by atoms with van der Waals surface area (Å²) in [5, 5.41) is 3.55. The molecule has 0 radical (unpaired) electrons. The highest BCUT2D eigenvalue weighted by Gasteiger charge is 2.15. The topological polar surface area (TPSA) is 18.5 Å². The summed E-state index contributed by atoms with van der Waals surface area (Å²) in [6.07, 6.45) is 0. The van der Waals surface area contributed by atoms with Crippen LogP contribution in [0.15, 0.2) is 30.3 Å². The molecule has 0 aromatic heterocycles. The van der Waals surface area contributed by atoms with Crippen molar-refractivity contribution in [3.05, 3.63) is 30.3 Å². The molecule has 2 rings (SSSR count). The lowest BCUT2D eigenvalue weighted by molar-refractivity contribution is 0.151. The summed E-state index contributed by atoms with van der Waals surface area (Å²) < 4.78 is 0. The molecule has 1 saturated heterocycles. The van der Waals surface area contributed by atoms with Crippen LogP contribution in [0.2, 0.25) is 0 Å². The minimum Gasteiger partial charge on any atom is -0.381 e. The molecule has 1 atom stereocenters. The van der Waals surface area contributed by atoms with E-state index in [9.17, 15) is 0 Å². The summed E-state index contributed by atoms with van der Waals surface area (Å²) >= 11 is 0. The van der Waals surface area contributed by atoms with Gasteiger partial charge in [0.1, 0.15) is 0 Å². The fraction of sp³-hybridized carbons (Fsp3) is 0.571. The molecule has 1 aromatic rings. The smallest absolute Gasteiger partial charge is 0.0360 e. The van der Waals surface area contributed by atoms with Crippen LogP contribution in [0.4, 0.5) is 5.69 Å². The number of para-hydroxylation sites is 1. The van der Waals surface area contributed by atoms with Gasteiger partial charge in [-0.25, -0.2) is 0 Å². The van der Waals surface area contributed by atoms with Crippen molar-refractivity contribution in [2.24, 2.45) is 0 Å². The van der Waals surface area contributed by atoms with Gasteiger partial charge in [-0.1, -0.05) is 18.2 Å². The van der Waals surface area contributed by atoms with E-state index in [0.29, 0.717) is 6.04 Å². The van der Waals surface area contributed by atoms with Gasteiger partial charge in [-0.15, -0.1) is 0 Å². The van der Waals surface area contributed by atoms with E-state index in [0.717, 1.165) is 6.54 Å². The van der Waals surface area contributed by atoms with Crippen LogP contribution >= 0.6 is 0 Å². The summed E-state index contributed by atoms with van der Waals surface area (Å²) in [7, 11) is 2.20. The van der Waals surface area contributed by atoms with Crippen molar-refractivity contribution in [3.8, 4) is 0 Å². The van der Waals surface area contributed by atoms with Crippen LogP contribution < -0.4 is 5.32 Å². The Kier molecular flexibility index (Phi) is 4.40. The first kappa shape index (κ1) is 12.4. The molecule has 1 aromatic carbocycles. The van der Waals surface area contributed by atoms with Crippen molar-refractivity contribution in [1.82, 2.24) is 9.80 Å². The van der Waals surface area contributed by atoms with E-state index in [4.69, 9.17) is 0 Å². The van der Waals surface area contributed by atoms with Gasteiger partial charge in [0.05, 0.1) is 0 Å². The van der Waals surface area contributed by atoms with E-state index < -0.39 is 0 Å². The van der Waals surface area contributed by atoms with Crippen molar-refractivity contribution in [2.75, 3.05) is 45.1 Å². The zero-order valence-corrected chi connectivity index (χ0v) is 10.9. The third-order valence-electron chi connectivity index (χ3n) is 3.31. The quantitative estimate of drug-likeness (QED) is 0.854. The van der Waals surface area contributed by atoms with E-state index in [1.165, 1.54) is 31.9 Å². The third-order valence-corrected chi connectivity index (χ3v) is 3.31. The molecular formula is C14H23N3.